The standard InChI is InChI=1S/C18H20ClN3O3/c1-3-14-8-15(25-20-14)10-22-12(2)18(24)21(11-17(22)23)9-13-6-4-5-7-16(13)19/h4-8,12H,3,9-11H2,1-2H3/t12-/m0/s1. The van der Waals surface area contributed by atoms with Crippen LogP contribution in [0.1, 0.15) is 30.9 Å². The number of rotatable bonds is 5. The normalized spacial score (nSPS) is 18.1. The van der Waals surface area contributed by atoms with Crippen LogP contribution in [0.5, 0.6) is 0 Å². The molecule has 1 atom stereocenters. The number of halogens is 1. The zero-order valence-electron chi connectivity index (χ0n) is 14.2. The number of piperazine rings is 1. The van der Waals surface area contributed by atoms with Crippen molar-refractivity contribution in [1.29, 1.82) is 0 Å². The molecule has 1 fully saturated rings. The molecule has 0 bridgehead atoms. The summed E-state index contributed by atoms with van der Waals surface area (Å²) >= 11 is 6.16. The number of aromatic nitrogens is 1. The average Bonchev–Trinajstić information content (AvgIpc) is 3.06. The summed E-state index contributed by atoms with van der Waals surface area (Å²) in [7, 11) is 0. The van der Waals surface area contributed by atoms with E-state index in [1.54, 1.807) is 17.9 Å². The molecule has 1 saturated heterocycles. The first-order chi connectivity index (χ1) is 12.0. The maximum absolute atomic E-state index is 12.7. The van der Waals surface area contributed by atoms with E-state index in [4.69, 9.17) is 16.1 Å². The van der Waals surface area contributed by atoms with Crippen molar-refractivity contribution in [1.82, 2.24) is 15.0 Å². The van der Waals surface area contributed by atoms with Gasteiger partial charge in [0, 0.05) is 17.6 Å². The fraction of sp³-hybridized carbons (Fsp3) is 0.389. The van der Waals surface area contributed by atoms with Crippen LogP contribution in [-0.4, -0.2) is 39.4 Å². The van der Waals surface area contributed by atoms with E-state index in [1.165, 1.54) is 4.90 Å². The molecule has 1 aromatic carbocycles. The Balaban J connectivity index is 1.72. The van der Waals surface area contributed by atoms with E-state index in [0.29, 0.717) is 17.3 Å². The second kappa shape index (κ2) is 7.27. The van der Waals surface area contributed by atoms with Gasteiger partial charge in [0.25, 0.3) is 0 Å². The van der Waals surface area contributed by atoms with Crippen molar-refractivity contribution in [2.45, 2.75) is 39.4 Å². The van der Waals surface area contributed by atoms with Gasteiger partial charge in [-0.1, -0.05) is 41.9 Å². The lowest BCUT2D eigenvalue weighted by Gasteiger charge is -2.38. The summed E-state index contributed by atoms with van der Waals surface area (Å²) in [6, 6.07) is 8.60. The molecule has 2 amide bonds. The number of nitrogens with zero attached hydrogens (tertiary/aromatic N) is 3. The van der Waals surface area contributed by atoms with Gasteiger partial charge in [0.2, 0.25) is 11.8 Å². The Morgan fingerprint density at radius 3 is 2.72 bits per heavy atom. The molecule has 0 radical (unpaired) electrons. The highest BCUT2D eigenvalue weighted by Crippen LogP contribution is 2.22. The van der Waals surface area contributed by atoms with Crippen molar-refractivity contribution >= 4 is 23.4 Å². The van der Waals surface area contributed by atoms with Crippen LogP contribution in [0.25, 0.3) is 0 Å². The fourth-order valence-electron chi connectivity index (χ4n) is 2.90. The van der Waals surface area contributed by atoms with Gasteiger partial charge < -0.3 is 14.3 Å². The molecule has 6 nitrogen and oxygen atoms in total. The van der Waals surface area contributed by atoms with Gasteiger partial charge >= 0.3 is 0 Å². The average molecular weight is 362 g/mol. The molecule has 3 rings (SSSR count). The van der Waals surface area contributed by atoms with Crippen molar-refractivity contribution in [2.75, 3.05) is 6.54 Å². The van der Waals surface area contributed by atoms with E-state index in [2.05, 4.69) is 5.16 Å². The second-order valence-electron chi connectivity index (χ2n) is 6.12. The molecule has 2 aromatic rings. The summed E-state index contributed by atoms with van der Waals surface area (Å²) in [5, 5.41) is 4.52. The number of amides is 2. The van der Waals surface area contributed by atoms with E-state index in [-0.39, 0.29) is 24.9 Å². The molecule has 1 aliphatic heterocycles. The van der Waals surface area contributed by atoms with Crippen LogP contribution >= 0.6 is 11.6 Å². The van der Waals surface area contributed by atoms with E-state index in [1.807, 2.05) is 31.2 Å². The Morgan fingerprint density at radius 1 is 1.28 bits per heavy atom. The lowest BCUT2D eigenvalue weighted by molar-refractivity contribution is -0.156. The Kier molecular flexibility index (Phi) is 5.08. The van der Waals surface area contributed by atoms with Crippen LogP contribution in [0.15, 0.2) is 34.9 Å². The molecule has 0 aliphatic carbocycles. The van der Waals surface area contributed by atoms with Gasteiger partial charge in [0.1, 0.15) is 12.6 Å². The van der Waals surface area contributed by atoms with Gasteiger partial charge in [-0.2, -0.15) is 0 Å². The SMILES string of the molecule is CCc1cc(CN2C(=O)CN(Cc3ccccc3Cl)C(=O)[C@@H]2C)on1. The summed E-state index contributed by atoms with van der Waals surface area (Å²) in [6.07, 6.45) is 0.761. The molecule has 25 heavy (non-hydrogen) atoms. The molecule has 7 heteroatoms. The maximum Gasteiger partial charge on any atom is 0.245 e. The summed E-state index contributed by atoms with van der Waals surface area (Å²) < 4.78 is 5.24. The molecule has 0 N–H and O–H groups in total. The smallest absolute Gasteiger partial charge is 0.245 e. The highest BCUT2D eigenvalue weighted by atomic mass is 35.5. The van der Waals surface area contributed by atoms with Gasteiger partial charge in [-0.15, -0.1) is 0 Å². The quantitative estimate of drug-likeness (QED) is 0.821. The third-order valence-electron chi connectivity index (χ3n) is 4.40. The number of carbonyl (C=O) groups is 2. The van der Waals surface area contributed by atoms with E-state index in [9.17, 15) is 9.59 Å². The van der Waals surface area contributed by atoms with Gasteiger partial charge in [-0.3, -0.25) is 9.59 Å². The Morgan fingerprint density at radius 2 is 2.04 bits per heavy atom. The van der Waals surface area contributed by atoms with Crippen LogP contribution < -0.4 is 0 Å². The third-order valence-corrected chi connectivity index (χ3v) is 4.77. The van der Waals surface area contributed by atoms with Gasteiger partial charge in [-0.25, -0.2) is 0 Å². The second-order valence-corrected chi connectivity index (χ2v) is 6.53. The molecular formula is C18H20ClN3O3. The zero-order valence-corrected chi connectivity index (χ0v) is 15.0. The Bertz CT molecular complexity index is 789. The summed E-state index contributed by atoms with van der Waals surface area (Å²) in [5.74, 6) is 0.368. The molecule has 1 aromatic heterocycles. The highest BCUT2D eigenvalue weighted by molar-refractivity contribution is 6.31. The summed E-state index contributed by atoms with van der Waals surface area (Å²) in [5.41, 5.74) is 1.66. The topological polar surface area (TPSA) is 66.7 Å². The van der Waals surface area contributed by atoms with Gasteiger partial charge in [0.05, 0.1) is 12.2 Å². The van der Waals surface area contributed by atoms with E-state index in [0.717, 1.165) is 17.7 Å². The molecule has 0 unspecified atom stereocenters. The Hall–Kier alpha value is -2.34. The maximum atomic E-state index is 12.7. The number of carbonyl (C=O) groups excluding carboxylic acids is 2. The van der Waals surface area contributed by atoms with E-state index < -0.39 is 6.04 Å². The lowest BCUT2D eigenvalue weighted by atomic mass is 10.1. The van der Waals surface area contributed by atoms with Gasteiger partial charge in [0.15, 0.2) is 5.76 Å². The fourth-order valence-corrected chi connectivity index (χ4v) is 3.10. The highest BCUT2D eigenvalue weighted by Gasteiger charge is 2.37. The first kappa shape index (κ1) is 17.5. The first-order valence-electron chi connectivity index (χ1n) is 8.25. The number of benzene rings is 1. The number of hydrogen-bond acceptors (Lipinski definition) is 4. The minimum Gasteiger partial charge on any atom is -0.359 e. The molecule has 0 spiro atoms. The van der Waals surface area contributed by atoms with Crippen molar-refractivity contribution in [3.8, 4) is 0 Å². The monoisotopic (exact) mass is 361 g/mol. The summed E-state index contributed by atoms with van der Waals surface area (Å²) in [6.45, 7) is 4.31. The number of hydrogen-bond donors (Lipinski definition) is 0. The van der Waals surface area contributed by atoms with Crippen molar-refractivity contribution < 1.29 is 14.1 Å². The molecule has 132 valence electrons. The van der Waals surface area contributed by atoms with Crippen LogP contribution in [0.3, 0.4) is 0 Å². The first-order valence-corrected chi connectivity index (χ1v) is 8.63. The minimum atomic E-state index is -0.557. The third kappa shape index (κ3) is 3.69. The number of aryl methyl sites for hydroxylation is 1. The van der Waals surface area contributed by atoms with Crippen LogP contribution in [0, 0.1) is 0 Å². The summed E-state index contributed by atoms with van der Waals surface area (Å²) in [4.78, 5) is 28.3. The molecular weight excluding hydrogens is 342 g/mol. The molecule has 2 heterocycles. The largest absolute Gasteiger partial charge is 0.359 e. The van der Waals surface area contributed by atoms with E-state index >= 15 is 0 Å². The van der Waals surface area contributed by atoms with Crippen molar-refractivity contribution in [3.05, 3.63) is 52.4 Å². The Labute approximate surface area is 151 Å². The van der Waals surface area contributed by atoms with Crippen LogP contribution in [0.4, 0.5) is 0 Å². The zero-order chi connectivity index (χ0) is 18.0. The molecule has 1 aliphatic rings. The van der Waals surface area contributed by atoms with Gasteiger partial charge in [-0.05, 0) is 25.0 Å². The van der Waals surface area contributed by atoms with Crippen molar-refractivity contribution in [3.63, 3.8) is 0 Å². The van der Waals surface area contributed by atoms with Crippen LogP contribution in [0.2, 0.25) is 5.02 Å². The molecule has 0 saturated carbocycles. The predicted molar refractivity (Wildman–Crippen MR) is 92.8 cm³/mol. The lowest BCUT2D eigenvalue weighted by Crippen LogP contribution is -2.57. The van der Waals surface area contributed by atoms with Crippen LogP contribution in [-0.2, 0) is 29.1 Å². The predicted octanol–water partition coefficient (Wildman–Crippen LogP) is 2.65. The minimum absolute atomic E-state index is 0.0309. The van der Waals surface area contributed by atoms with Crippen molar-refractivity contribution in [2.24, 2.45) is 0 Å².